The van der Waals surface area contributed by atoms with Crippen LogP contribution in [0.3, 0.4) is 0 Å². The standard InChI is InChI=1S/C14H15N3O3/c1-8-4-5-17(12(8)14(19)20)13(18)9-2-3-10-7-15-16-11(10)6-9/h2-3,6-8,12H,4-5H2,1H3,(H,15,16)(H,19,20). The number of carbonyl (C=O) groups excluding carboxylic acids is 1. The molecule has 0 saturated carbocycles. The fraction of sp³-hybridized carbons (Fsp3) is 0.357. The van der Waals surface area contributed by atoms with E-state index < -0.39 is 12.0 Å². The number of carboxylic acid groups (broad SMARTS) is 1. The molecule has 1 saturated heterocycles. The van der Waals surface area contributed by atoms with E-state index in [9.17, 15) is 14.7 Å². The van der Waals surface area contributed by atoms with Gasteiger partial charge in [-0.15, -0.1) is 0 Å². The molecule has 2 N–H and O–H groups in total. The molecule has 6 nitrogen and oxygen atoms in total. The SMILES string of the molecule is CC1CCN(C(=O)c2ccc3cn[nH]c3c2)C1C(=O)O. The van der Waals surface area contributed by atoms with E-state index in [1.807, 2.05) is 6.92 Å². The van der Waals surface area contributed by atoms with Gasteiger partial charge in [0.1, 0.15) is 6.04 Å². The van der Waals surface area contributed by atoms with E-state index in [1.54, 1.807) is 24.4 Å². The summed E-state index contributed by atoms with van der Waals surface area (Å²) in [6, 6.07) is 4.50. The number of aromatic amines is 1. The number of H-pyrrole nitrogens is 1. The second kappa shape index (κ2) is 4.63. The Morgan fingerprint density at radius 2 is 2.25 bits per heavy atom. The van der Waals surface area contributed by atoms with Crippen molar-refractivity contribution in [3.05, 3.63) is 30.0 Å². The van der Waals surface area contributed by atoms with E-state index in [2.05, 4.69) is 10.2 Å². The molecule has 2 unspecified atom stereocenters. The number of nitrogens with zero attached hydrogens (tertiary/aromatic N) is 2. The van der Waals surface area contributed by atoms with E-state index >= 15 is 0 Å². The Morgan fingerprint density at radius 3 is 3.00 bits per heavy atom. The van der Waals surface area contributed by atoms with Crippen LogP contribution in [-0.4, -0.2) is 44.7 Å². The number of carboxylic acids is 1. The molecule has 0 spiro atoms. The Balaban J connectivity index is 1.93. The molecular weight excluding hydrogens is 258 g/mol. The predicted molar refractivity (Wildman–Crippen MR) is 72.3 cm³/mol. The highest BCUT2D eigenvalue weighted by Gasteiger charge is 2.39. The number of aliphatic carboxylic acids is 1. The predicted octanol–water partition coefficient (Wildman–Crippen LogP) is 1.50. The lowest BCUT2D eigenvalue weighted by molar-refractivity contribution is -0.142. The molecule has 6 heteroatoms. The van der Waals surface area contributed by atoms with E-state index in [-0.39, 0.29) is 11.8 Å². The lowest BCUT2D eigenvalue weighted by atomic mass is 10.0. The third-order valence-electron chi connectivity index (χ3n) is 3.90. The second-order valence-corrected chi connectivity index (χ2v) is 5.22. The van der Waals surface area contributed by atoms with Gasteiger partial charge in [-0.25, -0.2) is 4.79 Å². The van der Waals surface area contributed by atoms with Gasteiger partial charge in [-0.1, -0.05) is 13.0 Å². The van der Waals surface area contributed by atoms with Gasteiger partial charge in [0, 0.05) is 17.5 Å². The second-order valence-electron chi connectivity index (χ2n) is 5.22. The van der Waals surface area contributed by atoms with E-state index in [4.69, 9.17) is 0 Å². The Kier molecular flexibility index (Phi) is 2.93. The number of likely N-dealkylation sites (tertiary alicyclic amines) is 1. The summed E-state index contributed by atoms with van der Waals surface area (Å²) in [5, 5.41) is 16.9. The quantitative estimate of drug-likeness (QED) is 0.868. The van der Waals surface area contributed by atoms with Crippen molar-refractivity contribution >= 4 is 22.8 Å². The molecule has 0 aliphatic carbocycles. The molecule has 2 aromatic rings. The summed E-state index contributed by atoms with van der Waals surface area (Å²) in [5.41, 5.74) is 1.26. The molecular formula is C14H15N3O3. The van der Waals surface area contributed by atoms with Crippen LogP contribution in [0.5, 0.6) is 0 Å². The van der Waals surface area contributed by atoms with Gasteiger partial charge < -0.3 is 10.0 Å². The van der Waals surface area contributed by atoms with Crippen LogP contribution in [0.2, 0.25) is 0 Å². The average molecular weight is 273 g/mol. The van der Waals surface area contributed by atoms with Gasteiger partial charge >= 0.3 is 5.97 Å². The van der Waals surface area contributed by atoms with Crippen LogP contribution in [0.15, 0.2) is 24.4 Å². The topological polar surface area (TPSA) is 86.3 Å². The van der Waals surface area contributed by atoms with Crippen LogP contribution in [0.25, 0.3) is 10.9 Å². The van der Waals surface area contributed by atoms with Gasteiger partial charge in [-0.2, -0.15) is 5.10 Å². The summed E-state index contributed by atoms with van der Waals surface area (Å²) in [6.07, 6.45) is 2.40. The summed E-state index contributed by atoms with van der Waals surface area (Å²) in [4.78, 5) is 25.3. The number of nitrogens with one attached hydrogen (secondary N) is 1. The van der Waals surface area contributed by atoms with Crippen LogP contribution in [0.4, 0.5) is 0 Å². The van der Waals surface area contributed by atoms with E-state index in [0.717, 1.165) is 17.3 Å². The number of aromatic nitrogens is 2. The number of fused-ring (bicyclic) bond motifs is 1. The third kappa shape index (κ3) is 1.93. The smallest absolute Gasteiger partial charge is 0.326 e. The number of benzene rings is 1. The number of hydrogen-bond acceptors (Lipinski definition) is 3. The van der Waals surface area contributed by atoms with Crippen LogP contribution in [-0.2, 0) is 4.79 Å². The van der Waals surface area contributed by atoms with Gasteiger partial charge in [0.2, 0.25) is 0 Å². The summed E-state index contributed by atoms with van der Waals surface area (Å²) >= 11 is 0. The van der Waals surface area contributed by atoms with Gasteiger partial charge in [-0.3, -0.25) is 9.89 Å². The molecule has 2 heterocycles. The molecule has 1 amide bonds. The minimum absolute atomic E-state index is 0.0210. The third-order valence-corrected chi connectivity index (χ3v) is 3.90. The average Bonchev–Trinajstić information content (AvgIpc) is 3.02. The molecule has 1 aromatic carbocycles. The van der Waals surface area contributed by atoms with Crippen LogP contribution in [0.1, 0.15) is 23.7 Å². The first-order valence-corrected chi connectivity index (χ1v) is 6.55. The first-order chi connectivity index (χ1) is 9.58. The zero-order valence-corrected chi connectivity index (χ0v) is 11.0. The molecule has 0 radical (unpaired) electrons. The Labute approximate surface area is 115 Å². The maximum Gasteiger partial charge on any atom is 0.326 e. The van der Waals surface area contributed by atoms with E-state index in [0.29, 0.717) is 12.1 Å². The highest BCUT2D eigenvalue weighted by Crippen LogP contribution is 2.26. The van der Waals surface area contributed by atoms with Gasteiger partial charge in [0.15, 0.2) is 0 Å². The molecule has 1 aliphatic heterocycles. The van der Waals surface area contributed by atoms with Crippen molar-refractivity contribution < 1.29 is 14.7 Å². The molecule has 20 heavy (non-hydrogen) atoms. The van der Waals surface area contributed by atoms with Crippen LogP contribution >= 0.6 is 0 Å². The molecule has 1 fully saturated rings. The minimum atomic E-state index is -0.939. The first kappa shape index (κ1) is 12.7. The molecule has 1 aliphatic rings. The summed E-state index contributed by atoms with van der Waals surface area (Å²) in [7, 11) is 0. The van der Waals surface area contributed by atoms with Crippen molar-refractivity contribution in [3.63, 3.8) is 0 Å². The highest BCUT2D eigenvalue weighted by atomic mass is 16.4. The van der Waals surface area contributed by atoms with E-state index in [1.165, 1.54) is 4.90 Å². The molecule has 2 atom stereocenters. The number of hydrogen-bond donors (Lipinski definition) is 2. The van der Waals surface area contributed by atoms with Gasteiger partial charge in [0.25, 0.3) is 5.91 Å². The van der Waals surface area contributed by atoms with Crippen molar-refractivity contribution in [1.29, 1.82) is 0 Å². The van der Waals surface area contributed by atoms with Crippen molar-refractivity contribution in [3.8, 4) is 0 Å². The maximum absolute atomic E-state index is 12.5. The lowest BCUT2D eigenvalue weighted by Crippen LogP contribution is -2.42. The first-order valence-electron chi connectivity index (χ1n) is 6.55. The normalized spacial score (nSPS) is 22.4. The zero-order chi connectivity index (χ0) is 14.3. The number of carbonyl (C=O) groups is 2. The van der Waals surface area contributed by atoms with Gasteiger partial charge in [0.05, 0.1) is 11.7 Å². The zero-order valence-electron chi connectivity index (χ0n) is 11.0. The number of rotatable bonds is 2. The summed E-state index contributed by atoms with van der Waals surface area (Å²) in [5.74, 6) is -1.20. The van der Waals surface area contributed by atoms with Crippen molar-refractivity contribution in [1.82, 2.24) is 15.1 Å². The summed E-state index contributed by atoms with van der Waals surface area (Å²) < 4.78 is 0. The monoisotopic (exact) mass is 273 g/mol. The minimum Gasteiger partial charge on any atom is -0.480 e. The van der Waals surface area contributed by atoms with Crippen LogP contribution in [0, 0.1) is 5.92 Å². The largest absolute Gasteiger partial charge is 0.480 e. The maximum atomic E-state index is 12.5. The van der Waals surface area contributed by atoms with Crippen LogP contribution < -0.4 is 0 Å². The summed E-state index contributed by atoms with van der Waals surface area (Å²) in [6.45, 7) is 2.35. The lowest BCUT2D eigenvalue weighted by Gasteiger charge is -2.23. The number of amides is 1. The Hall–Kier alpha value is -2.37. The van der Waals surface area contributed by atoms with Crippen molar-refractivity contribution in [2.24, 2.45) is 5.92 Å². The van der Waals surface area contributed by atoms with Gasteiger partial charge in [-0.05, 0) is 24.5 Å². The Bertz CT molecular complexity index is 679. The molecule has 1 aromatic heterocycles. The van der Waals surface area contributed by atoms with Crippen molar-refractivity contribution in [2.45, 2.75) is 19.4 Å². The van der Waals surface area contributed by atoms with Crippen molar-refractivity contribution in [2.75, 3.05) is 6.54 Å². The Morgan fingerprint density at radius 1 is 1.45 bits per heavy atom. The fourth-order valence-corrected chi connectivity index (χ4v) is 2.79. The molecule has 104 valence electrons. The molecule has 3 rings (SSSR count). The molecule has 0 bridgehead atoms. The highest BCUT2D eigenvalue weighted by molar-refractivity contribution is 5.99. The fourth-order valence-electron chi connectivity index (χ4n) is 2.79.